The van der Waals surface area contributed by atoms with Crippen LogP contribution in [-0.2, 0) is 17.5 Å². The number of benzene rings is 1. The molecule has 156 valence electrons. The number of fused-ring (bicyclic) bond motifs is 1. The first-order valence-corrected chi connectivity index (χ1v) is 9.48. The standard InChI is InChI=1S/C18H18ClF3N4O3/c1-8-11-5-12(18(20,21)22)13(19)4-9(11)6-26(8)16(29)23-7-17(10-2-3-10)14(27)24-15(28)25-17/h4-5,8,10H,2-3,6-7H2,1H3,(H,23,29)(H2,24,25,27,28)/t8-,17-/m0/s1. The maximum Gasteiger partial charge on any atom is 0.417 e. The Morgan fingerprint density at radius 1 is 1.34 bits per heavy atom. The Kier molecular flexibility index (Phi) is 4.45. The van der Waals surface area contributed by atoms with Gasteiger partial charge in [-0.1, -0.05) is 11.6 Å². The van der Waals surface area contributed by atoms with Crippen LogP contribution in [0, 0.1) is 5.92 Å². The number of nitrogens with one attached hydrogen (secondary N) is 3. The van der Waals surface area contributed by atoms with Crippen LogP contribution in [0.15, 0.2) is 12.1 Å². The number of urea groups is 2. The van der Waals surface area contributed by atoms with Crippen LogP contribution in [0.3, 0.4) is 0 Å². The molecule has 0 aromatic heterocycles. The second kappa shape index (κ2) is 6.51. The average Bonchev–Trinajstić information content (AvgIpc) is 3.36. The molecule has 3 aliphatic rings. The molecule has 4 rings (SSSR count). The SMILES string of the molecule is C[C@H]1c2cc(C(F)(F)F)c(Cl)cc2CN1C(=O)NC[C@@]1(C2CC2)NC(=O)NC1=O. The van der Waals surface area contributed by atoms with Crippen LogP contribution in [0.25, 0.3) is 0 Å². The highest BCUT2D eigenvalue weighted by atomic mass is 35.5. The van der Waals surface area contributed by atoms with Crippen molar-refractivity contribution in [3.8, 4) is 0 Å². The third-order valence-corrected chi connectivity index (χ3v) is 6.13. The first-order chi connectivity index (χ1) is 13.5. The topological polar surface area (TPSA) is 90.5 Å². The van der Waals surface area contributed by atoms with E-state index in [1.165, 1.54) is 11.0 Å². The summed E-state index contributed by atoms with van der Waals surface area (Å²) in [5, 5.41) is 7.05. The van der Waals surface area contributed by atoms with Gasteiger partial charge in [0, 0.05) is 6.54 Å². The molecule has 2 heterocycles. The van der Waals surface area contributed by atoms with Crippen LogP contribution in [0.4, 0.5) is 22.8 Å². The third kappa shape index (κ3) is 3.29. The molecule has 1 aromatic rings. The quantitative estimate of drug-likeness (QED) is 0.644. The summed E-state index contributed by atoms with van der Waals surface area (Å²) in [6, 6.07) is 0.471. The fourth-order valence-corrected chi connectivity index (χ4v) is 4.36. The Labute approximate surface area is 168 Å². The van der Waals surface area contributed by atoms with Gasteiger partial charge in [-0.15, -0.1) is 0 Å². The fraction of sp³-hybridized carbons (Fsp3) is 0.500. The van der Waals surface area contributed by atoms with Crippen LogP contribution >= 0.6 is 11.6 Å². The Bertz CT molecular complexity index is 918. The van der Waals surface area contributed by atoms with Gasteiger partial charge in [0.25, 0.3) is 5.91 Å². The number of imide groups is 1. The van der Waals surface area contributed by atoms with E-state index in [4.69, 9.17) is 11.6 Å². The summed E-state index contributed by atoms with van der Waals surface area (Å²) in [6.07, 6.45) is -3.08. The lowest BCUT2D eigenvalue weighted by Gasteiger charge is -2.29. The lowest BCUT2D eigenvalue weighted by atomic mass is 9.93. The number of amides is 5. The molecule has 2 atom stereocenters. The van der Waals surface area contributed by atoms with E-state index >= 15 is 0 Å². The number of nitrogens with zero attached hydrogens (tertiary/aromatic N) is 1. The molecule has 3 N–H and O–H groups in total. The molecule has 29 heavy (non-hydrogen) atoms. The predicted octanol–water partition coefficient (Wildman–Crippen LogP) is 2.93. The monoisotopic (exact) mass is 430 g/mol. The van der Waals surface area contributed by atoms with E-state index in [-0.39, 0.29) is 19.0 Å². The van der Waals surface area contributed by atoms with E-state index < -0.39 is 46.3 Å². The number of halogens is 4. The van der Waals surface area contributed by atoms with E-state index in [1.807, 2.05) is 0 Å². The number of rotatable bonds is 3. The predicted molar refractivity (Wildman–Crippen MR) is 95.9 cm³/mol. The largest absolute Gasteiger partial charge is 0.417 e. The summed E-state index contributed by atoms with van der Waals surface area (Å²) < 4.78 is 39.4. The summed E-state index contributed by atoms with van der Waals surface area (Å²) in [5.41, 5.74) is -1.21. The Balaban J connectivity index is 1.50. The lowest BCUT2D eigenvalue weighted by Crippen LogP contribution is -2.58. The van der Waals surface area contributed by atoms with Gasteiger partial charge in [0.15, 0.2) is 0 Å². The lowest BCUT2D eigenvalue weighted by molar-refractivity contribution is -0.137. The maximum absolute atomic E-state index is 13.1. The minimum absolute atomic E-state index is 0.0596. The summed E-state index contributed by atoms with van der Waals surface area (Å²) in [7, 11) is 0. The zero-order valence-corrected chi connectivity index (χ0v) is 16.1. The van der Waals surface area contributed by atoms with E-state index in [1.54, 1.807) is 6.92 Å². The maximum atomic E-state index is 13.1. The van der Waals surface area contributed by atoms with E-state index in [9.17, 15) is 27.6 Å². The van der Waals surface area contributed by atoms with Crippen molar-refractivity contribution in [3.63, 3.8) is 0 Å². The van der Waals surface area contributed by atoms with Crippen molar-refractivity contribution in [3.05, 3.63) is 33.8 Å². The second-order valence-electron chi connectivity index (χ2n) is 7.65. The number of hydrogen-bond acceptors (Lipinski definition) is 3. The van der Waals surface area contributed by atoms with E-state index in [0.717, 1.165) is 18.9 Å². The number of alkyl halides is 3. The molecule has 1 aromatic carbocycles. The molecule has 2 aliphatic heterocycles. The van der Waals surface area contributed by atoms with Crippen molar-refractivity contribution in [2.45, 2.75) is 44.1 Å². The van der Waals surface area contributed by atoms with Crippen molar-refractivity contribution >= 4 is 29.6 Å². The van der Waals surface area contributed by atoms with Crippen molar-refractivity contribution in [1.82, 2.24) is 20.9 Å². The highest BCUT2D eigenvalue weighted by Gasteiger charge is 2.56. The van der Waals surface area contributed by atoms with Gasteiger partial charge in [-0.25, -0.2) is 9.59 Å². The fourth-order valence-electron chi connectivity index (χ4n) is 4.06. The Morgan fingerprint density at radius 3 is 2.59 bits per heavy atom. The average molecular weight is 431 g/mol. The molecule has 0 unspecified atom stereocenters. The molecule has 1 saturated heterocycles. The third-order valence-electron chi connectivity index (χ3n) is 5.81. The number of carbonyl (C=O) groups excluding carboxylic acids is 3. The van der Waals surface area contributed by atoms with Crippen LogP contribution in [0.5, 0.6) is 0 Å². The molecular weight excluding hydrogens is 413 g/mol. The van der Waals surface area contributed by atoms with Gasteiger partial charge in [0.1, 0.15) is 5.54 Å². The summed E-state index contributed by atoms with van der Waals surface area (Å²) in [4.78, 5) is 37.9. The molecule has 0 spiro atoms. The number of carbonyl (C=O) groups is 3. The first kappa shape index (κ1) is 19.8. The highest BCUT2D eigenvalue weighted by Crippen LogP contribution is 2.43. The summed E-state index contributed by atoms with van der Waals surface area (Å²) >= 11 is 5.78. The molecule has 0 bridgehead atoms. The van der Waals surface area contributed by atoms with Crippen LogP contribution in [0.2, 0.25) is 5.02 Å². The molecule has 1 aliphatic carbocycles. The minimum atomic E-state index is -4.59. The van der Waals surface area contributed by atoms with Crippen LogP contribution < -0.4 is 16.0 Å². The zero-order chi connectivity index (χ0) is 21.1. The van der Waals surface area contributed by atoms with Crippen molar-refractivity contribution < 1.29 is 27.6 Å². The van der Waals surface area contributed by atoms with Crippen molar-refractivity contribution in [2.75, 3.05) is 6.54 Å². The van der Waals surface area contributed by atoms with Crippen molar-refractivity contribution in [1.29, 1.82) is 0 Å². The number of hydrogen-bond donors (Lipinski definition) is 3. The minimum Gasteiger partial charge on any atom is -0.335 e. The smallest absolute Gasteiger partial charge is 0.335 e. The van der Waals surface area contributed by atoms with Gasteiger partial charge >= 0.3 is 18.2 Å². The van der Waals surface area contributed by atoms with E-state index in [2.05, 4.69) is 16.0 Å². The molecule has 0 radical (unpaired) electrons. The first-order valence-electron chi connectivity index (χ1n) is 9.10. The summed E-state index contributed by atoms with van der Waals surface area (Å²) in [5.74, 6) is -0.541. The van der Waals surface area contributed by atoms with Gasteiger partial charge < -0.3 is 15.5 Å². The van der Waals surface area contributed by atoms with E-state index in [0.29, 0.717) is 11.1 Å². The van der Waals surface area contributed by atoms with Gasteiger partial charge in [0.05, 0.1) is 23.2 Å². The molecular formula is C18H18ClF3N4O3. The van der Waals surface area contributed by atoms with Crippen LogP contribution in [-0.4, -0.2) is 35.0 Å². The van der Waals surface area contributed by atoms with Gasteiger partial charge in [-0.05, 0) is 48.9 Å². The second-order valence-corrected chi connectivity index (χ2v) is 8.05. The zero-order valence-electron chi connectivity index (χ0n) is 15.3. The van der Waals surface area contributed by atoms with Gasteiger partial charge in [-0.2, -0.15) is 13.2 Å². The Morgan fingerprint density at radius 2 is 2.03 bits per heavy atom. The van der Waals surface area contributed by atoms with Gasteiger partial charge in [-0.3, -0.25) is 10.1 Å². The molecule has 11 heteroatoms. The Hall–Kier alpha value is -2.49. The van der Waals surface area contributed by atoms with Crippen molar-refractivity contribution in [2.24, 2.45) is 5.92 Å². The molecule has 1 saturated carbocycles. The van der Waals surface area contributed by atoms with Crippen LogP contribution in [0.1, 0.15) is 42.5 Å². The molecule has 2 fully saturated rings. The highest BCUT2D eigenvalue weighted by molar-refractivity contribution is 6.31. The molecule has 7 nitrogen and oxygen atoms in total. The normalized spacial score (nSPS) is 26.2. The summed E-state index contributed by atoms with van der Waals surface area (Å²) in [6.45, 7) is 1.62. The van der Waals surface area contributed by atoms with Gasteiger partial charge in [0.2, 0.25) is 0 Å². The molecule has 5 amide bonds.